The van der Waals surface area contributed by atoms with Crippen LogP contribution in [0, 0.1) is 0 Å². The van der Waals surface area contributed by atoms with E-state index in [4.69, 9.17) is 10.1 Å². The van der Waals surface area contributed by atoms with Gasteiger partial charge in [0.1, 0.15) is 5.52 Å². The monoisotopic (exact) mass is 419 g/mol. The number of piperazine rings is 1. The highest BCUT2D eigenvalue weighted by atomic mass is 32.2. The molecule has 8 heteroatoms. The normalized spacial score (nSPS) is 15.0. The van der Waals surface area contributed by atoms with E-state index in [0.29, 0.717) is 16.6 Å². The first-order valence-electron chi connectivity index (χ1n) is 9.79. The van der Waals surface area contributed by atoms with Gasteiger partial charge in [-0.1, -0.05) is 42.5 Å². The molecule has 2 aromatic carbocycles. The Morgan fingerprint density at radius 3 is 2.53 bits per heavy atom. The van der Waals surface area contributed by atoms with Gasteiger partial charge in [-0.3, -0.25) is 4.98 Å². The molecule has 0 spiro atoms. The quantitative estimate of drug-likeness (QED) is 0.529. The van der Waals surface area contributed by atoms with Gasteiger partial charge in [0.15, 0.2) is 5.82 Å². The molecule has 0 unspecified atom stereocenters. The first-order chi connectivity index (χ1) is 14.5. The summed E-state index contributed by atoms with van der Waals surface area (Å²) in [7, 11) is -3.98. The largest absolute Gasteiger partial charge is 0.352 e. The van der Waals surface area contributed by atoms with Crippen LogP contribution < -0.4 is 15.4 Å². The lowest BCUT2D eigenvalue weighted by atomic mass is 10.0. The Morgan fingerprint density at radius 2 is 1.73 bits per heavy atom. The molecule has 152 valence electrons. The molecule has 0 aliphatic carbocycles. The van der Waals surface area contributed by atoms with E-state index < -0.39 is 10.0 Å². The molecule has 1 aliphatic heterocycles. The molecule has 5 rings (SSSR count). The van der Waals surface area contributed by atoms with Crippen LogP contribution in [0.25, 0.3) is 32.9 Å². The van der Waals surface area contributed by atoms with Crippen molar-refractivity contribution >= 4 is 37.5 Å². The van der Waals surface area contributed by atoms with Crippen molar-refractivity contribution in [1.82, 2.24) is 15.3 Å². The van der Waals surface area contributed by atoms with E-state index in [-0.39, 0.29) is 4.90 Å². The number of benzene rings is 2. The van der Waals surface area contributed by atoms with Gasteiger partial charge in [0.25, 0.3) is 0 Å². The van der Waals surface area contributed by atoms with E-state index in [1.807, 2.05) is 42.5 Å². The number of rotatable bonds is 3. The van der Waals surface area contributed by atoms with Crippen LogP contribution in [0.4, 0.5) is 5.82 Å². The summed E-state index contributed by atoms with van der Waals surface area (Å²) in [4.78, 5) is 11.7. The van der Waals surface area contributed by atoms with Crippen molar-refractivity contribution in [2.75, 3.05) is 31.1 Å². The average molecular weight is 420 g/mol. The summed E-state index contributed by atoms with van der Waals surface area (Å²) in [6, 6.07) is 16.7. The molecule has 2 aromatic heterocycles. The van der Waals surface area contributed by atoms with Crippen LogP contribution in [-0.4, -0.2) is 44.6 Å². The molecule has 4 aromatic rings. The average Bonchev–Trinajstić information content (AvgIpc) is 2.77. The molecule has 0 radical (unpaired) electrons. The van der Waals surface area contributed by atoms with Gasteiger partial charge in [0.05, 0.1) is 10.6 Å². The number of aromatic nitrogens is 2. The number of anilines is 1. The molecule has 1 aliphatic rings. The Bertz CT molecular complexity index is 1360. The highest BCUT2D eigenvalue weighted by Gasteiger charge is 2.23. The zero-order valence-corrected chi connectivity index (χ0v) is 17.1. The van der Waals surface area contributed by atoms with Crippen LogP contribution >= 0.6 is 0 Å². The van der Waals surface area contributed by atoms with Crippen LogP contribution in [0.1, 0.15) is 0 Å². The molecule has 30 heavy (non-hydrogen) atoms. The van der Waals surface area contributed by atoms with Crippen LogP contribution in [0.15, 0.2) is 65.7 Å². The van der Waals surface area contributed by atoms with E-state index in [0.717, 1.165) is 48.3 Å². The number of pyridine rings is 2. The fraction of sp³-hybridized carbons (Fsp3) is 0.182. The number of nitrogens with one attached hydrogen (secondary N) is 1. The fourth-order valence-corrected chi connectivity index (χ4v) is 5.03. The van der Waals surface area contributed by atoms with Gasteiger partial charge < -0.3 is 10.2 Å². The molecule has 1 fully saturated rings. The van der Waals surface area contributed by atoms with Gasteiger partial charge in [-0.2, -0.15) is 0 Å². The topological polar surface area (TPSA) is 101 Å². The number of hydrogen-bond donors (Lipinski definition) is 2. The highest BCUT2D eigenvalue weighted by Crippen LogP contribution is 2.35. The minimum absolute atomic E-state index is 0.0996. The van der Waals surface area contributed by atoms with Gasteiger partial charge in [0, 0.05) is 48.7 Å². The molecular formula is C22H21N5O2S. The third-order valence-electron chi connectivity index (χ3n) is 5.43. The van der Waals surface area contributed by atoms with E-state index in [1.54, 1.807) is 18.3 Å². The zero-order valence-electron chi connectivity index (χ0n) is 16.2. The zero-order chi connectivity index (χ0) is 20.7. The molecule has 7 nitrogen and oxygen atoms in total. The van der Waals surface area contributed by atoms with Crippen molar-refractivity contribution in [2.24, 2.45) is 5.14 Å². The van der Waals surface area contributed by atoms with Crippen LogP contribution in [-0.2, 0) is 10.0 Å². The van der Waals surface area contributed by atoms with Crippen molar-refractivity contribution in [1.29, 1.82) is 0 Å². The fourth-order valence-electron chi connectivity index (χ4n) is 4.05. The maximum atomic E-state index is 12.6. The molecule has 0 bridgehead atoms. The molecule has 0 saturated carbocycles. The molecule has 3 heterocycles. The summed E-state index contributed by atoms with van der Waals surface area (Å²) >= 11 is 0. The number of primary sulfonamides is 1. The number of nitrogens with two attached hydrogens (primary N) is 1. The Balaban J connectivity index is 1.81. The first-order valence-corrected chi connectivity index (χ1v) is 11.3. The van der Waals surface area contributed by atoms with Crippen LogP contribution in [0.2, 0.25) is 0 Å². The highest BCUT2D eigenvalue weighted by molar-refractivity contribution is 7.89. The maximum Gasteiger partial charge on any atom is 0.239 e. The first kappa shape index (κ1) is 18.9. The second-order valence-electron chi connectivity index (χ2n) is 7.35. The maximum absolute atomic E-state index is 12.6. The molecular weight excluding hydrogens is 398 g/mol. The molecule has 0 amide bonds. The van der Waals surface area contributed by atoms with Gasteiger partial charge in [-0.25, -0.2) is 18.5 Å². The lowest BCUT2D eigenvalue weighted by Gasteiger charge is -2.29. The van der Waals surface area contributed by atoms with Crippen LogP contribution in [0.3, 0.4) is 0 Å². The third kappa shape index (κ3) is 3.28. The second-order valence-corrected chi connectivity index (χ2v) is 8.85. The molecule has 3 N–H and O–H groups in total. The Kier molecular flexibility index (Phi) is 4.62. The Hall–Kier alpha value is -3.07. The van der Waals surface area contributed by atoms with Crippen LogP contribution in [0.5, 0.6) is 0 Å². The van der Waals surface area contributed by atoms with Crippen molar-refractivity contribution in [2.45, 2.75) is 4.90 Å². The minimum Gasteiger partial charge on any atom is -0.352 e. The summed E-state index contributed by atoms with van der Waals surface area (Å²) < 4.78 is 25.2. The standard InChI is InChI=1S/C22H21N5O2S/c23-30(28,29)21-17-6-2-1-4-15(17)7-8-18(21)19-14-16-5-3-9-25-20(16)22(26-19)27-12-10-24-11-13-27/h1-9,14,24H,10-13H2,(H2,23,28,29). The smallest absolute Gasteiger partial charge is 0.239 e. The van der Waals surface area contributed by atoms with E-state index in [1.165, 1.54) is 0 Å². The van der Waals surface area contributed by atoms with Crippen molar-refractivity contribution in [3.8, 4) is 11.3 Å². The van der Waals surface area contributed by atoms with Crippen molar-refractivity contribution in [3.63, 3.8) is 0 Å². The Labute approximate surface area is 174 Å². The second kappa shape index (κ2) is 7.32. The van der Waals surface area contributed by atoms with Crippen molar-refractivity contribution in [3.05, 3.63) is 60.8 Å². The number of hydrogen-bond acceptors (Lipinski definition) is 6. The predicted octanol–water partition coefficient (Wildman–Crippen LogP) is 2.51. The number of sulfonamides is 1. The summed E-state index contributed by atoms with van der Waals surface area (Å²) in [5.41, 5.74) is 1.87. The van der Waals surface area contributed by atoms with E-state index in [9.17, 15) is 8.42 Å². The number of nitrogens with zero attached hydrogens (tertiary/aromatic N) is 3. The summed E-state index contributed by atoms with van der Waals surface area (Å²) in [6.07, 6.45) is 1.75. The Morgan fingerprint density at radius 1 is 0.967 bits per heavy atom. The van der Waals surface area contributed by atoms with Gasteiger partial charge in [-0.05, 0) is 17.5 Å². The predicted molar refractivity (Wildman–Crippen MR) is 119 cm³/mol. The SMILES string of the molecule is NS(=O)(=O)c1c(-c2cc3cccnc3c(N3CCNCC3)n2)ccc2ccccc12. The summed E-state index contributed by atoms with van der Waals surface area (Å²) in [5, 5.41) is 11.3. The number of fused-ring (bicyclic) bond motifs is 2. The molecule has 1 saturated heterocycles. The van der Waals surface area contributed by atoms with Gasteiger partial charge in [-0.15, -0.1) is 0 Å². The third-order valence-corrected chi connectivity index (χ3v) is 6.43. The summed E-state index contributed by atoms with van der Waals surface area (Å²) in [6.45, 7) is 3.33. The lowest BCUT2D eigenvalue weighted by Crippen LogP contribution is -2.44. The van der Waals surface area contributed by atoms with Gasteiger partial charge >= 0.3 is 0 Å². The minimum atomic E-state index is -3.98. The van der Waals surface area contributed by atoms with Gasteiger partial charge in [0.2, 0.25) is 10.0 Å². The summed E-state index contributed by atoms with van der Waals surface area (Å²) in [5.74, 6) is 0.762. The van der Waals surface area contributed by atoms with E-state index >= 15 is 0 Å². The lowest BCUT2D eigenvalue weighted by molar-refractivity contribution is 0.586. The van der Waals surface area contributed by atoms with E-state index in [2.05, 4.69) is 15.2 Å². The van der Waals surface area contributed by atoms with Crippen molar-refractivity contribution < 1.29 is 8.42 Å². The molecule has 0 atom stereocenters.